The Kier molecular flexibility index (Phi) is 15.9. The highest BCUT2D eigenvalue weighted by Crippen LogP contribution is 2.52. The summed E-state index contributed by atoms with van der Waals surface area (Å²) in [6, 6.07) is 46.0. The summed E-state index contributed by atoms with van der Waals surface area (Å²) in [6.07, 6.45) is 7.36. The first-order valence-electron chi connectivity index (χ1n) is 35.1. The van der Waals surface area contributed by atoms with Crippen molar-refractivity contribution in [1.82, 2.24) is 49.8 Å². The van der Waals surface area contributed by atoms with Crippen LogP contribution in [0.15, 0.2) is 146 Å². The molecule has 0 saturated heterocycles. The zero-order valence-corrected chi connectivity index (χ0v) is 62.5. The van der Waals surface area contributed by atoms with Crippen LogP contribution in [0.25, 0.3) is 135 Å². The van der Waals surface area contributed by atoms with Crippen molar-refractivity contribution in [3.05, 3.63) is 191 Å². The van der Waals surface area contributed by atoms with Crippen molar-refractivity contribution in [2.75, 3.05) is 0 Å². The molecule has 0 fully saturated rings. The summed E-state index contributed by atoms with van der Waals surface area (Å²) >= 11 is 0. The SMILES string of the molecule is CC(C)(C)c1cc(-c2c3nc(c(-c4cc(C(C)(C)C)cc(C(C)(C)C)c4)c4ccc([nH]4)c(-c4cc(C(C)(C)C)cc(C(C)(C)C)c4)c4nc(c(-c5cc(C(C)(C)C)cc(C(C)(C)C)c5)c5ccc2[nH]5)-c2[nH]c(-c5ccncc5)nc2-4)-c2[nH]c(-c4ccncc4)nc2-3)cc(C(C)(C)C)c1. The molecule has 8 bridgehead atoms. The maximum atomic E-state index is 6.19. The molecule has 9 heterocycles. The second kappa shape index (κ2) is 23.2. The molecule has 2 aliphatic rings. The Morgan fingerprint density at radius 3 is 0.643 bits per heavy atom. The highest BCUT2D eigenvalue weighted by atomic mass is 15.0. The summed E-state index contributed by atoms with van der Waals surface area (Å²) in [5.41, 5.74) is 27.7. The molecule has 0 spiro atoms. The van der Waals surface area contributed by atoms with Gasteiger partial charge in [0, 0.05) is 80.2 Å². The molecule has 4 N–H and O–H groups in total. The van der Waals surface area contributed by atoms with Gasteiger partial charge in [-0.3, -0.25) is 9.97 Å². The van der Waals surface area contributed by atoms with Crippen molar-refractivity contribution < 1.29 is 0 Å². The van der Waals surface area contributed by atoms with Crippen molar-refractivity contribution in [1.29, 1.82) is 0 Å². The molecule has 10 nitrogen and oxygen atoms in total. The van der Waals surface area contributed by atoms with Crippen LogP contribution in [0.2, 0.25) is 0 Å². The second-order valence-electron chi connectivity index (χ2n) is 36.0. The van der Waals surface area contributed by atoms with E-state index in [4.69, 9.17) is 19.9 Å². The van der Waals surface area contributed by atoms with Crippen LogP contribution in [0.3, 0.4) is 0 Å². The van der Waals surface area contributed by atoms with Gasteiger partial charge in [-0.2, -0.15) is 0 Å². The number of H-pyrrole nitrogens is 4. The third-order valence-corrected chi connectivity index (χ3v) is 19.9. The zero-order valence-electron chi connectivity index (χ0n) is 62.5. The number of hydrogen-bond acceptors (Lipinski definition) is 6. The molecule has 11 aromatic rings. The minimum atomic E-state index is -0.209. The standard InChI is InChI=1S/C88H100N10/c1-81(2,3)55-37-51(38-56(45-55)82(4,5)6)67-63-25-26-64(91-63)68(52-39-57(83(7,8)9)46-58(40-52)84(10,11)12)73-77-78(98-80(97-77)50-31-35-90-36-32-50)74(94-73)70(54-43-61(87(19,20)21)48-62(44-54)88(22,23)24)66-28-27-65(92-66)69(53-41-59(85(13,14)15)47-60(42-53)86(16,17)18)72-76-75(71(67)93-72)95-79(96-76)49-29-33-89-34-30-49/h25-48,91-92H,1-24H3,(H,95,96)(H,97,98). The van der Waals surface area contributed by atoms with Gasteiger partial charge in [-0.05, 0) is 159 Å². The number of pyridine rings is 2. The number of fused-ring (bicyclic) bond motifs is 14. The predicted octanol–water partition coefficient (Wildman–Crippen LogP) is 23.6. The molecule has 0 amide bonds. The summed E-state index contributed by atoms with van der Waals surface area (Å²) in [5, 5.41) is 0. The molecule has 0 aliphatic carbocycles. The molecule has 10 heteroatoms. The van der Waals surface area contributed by atoms with Crippen LogP contribution in [0, 0.1) is 0 Å². The second-order valence-corrected chi connectivity index (χ2v) is 36.0. The smallest absolute Gasteiger partial charge is 0.138 e. The fourth-order valence-corrected chi connectivity index (χ4v) is 13.5. The van der Waals surface area contributed by atoms with E-state index in [0.29, 0.717) is 0 Å². The first kappa shape index (κ1) is 67.3. The van der Waals surface area contributed by atoms with Gasteiger partial charge in [0.1, 0.15) is 34.4 Å². The van der Waals surface area contributed by atoms with Crippen molar-refractivity contribution >= 4 is 22.1 Å². The lowest BCUT2D eigenvalue weighted by atomic mass is 9.78. The average molecular weight is 1300 g/mol. The molecule has 4 aromatic carbocycles. The number of rotatable bonds is 6. The largest absolute Gasteiger partial charge is 0.354 e. The van der Waals surface area contributed by atoms with Gasteiger partial charge in [-0.25, -0.2) is 19.9 Å². The van der Waals surface area contributed by atoms with Gasteiger partial charge in [-0.1, -0.05) is 239 Å². The summed E-state index contributed by atoms with van der Waals surface area (Å²) < 4.78 is 0. The van der Waals surface area contributed by atoms with Gasteiger partial charge < -0.3 is 19.9 Å². The Balaban J connectivity index is 1.35. The summed E-state index contributed by atoms with van der Waals surface area (Å²) in [5.74, 6) is 1.46. The molecule has 0 unspecified atom stereocenters. The normalized spacial score (nSPS) is 13.3. The van der Waals surface area contributed by atoms with Gasteiger partial charge >= 0.3 is 0 Å². The maximum absolute atomic E-state index is 6.19. The molecule has 98 heavy (non-hydrogen) atoms. The number of nitrogens with one attached hydrogen (secondary N) is 4. The highest BCUT2D eigenvalue weighted by molar-refractivity contribution is 6.07. The summed E-state index contributed by atoms with van der Waals surface area (Å²) in [7, 11) is 0. The molecule has 0 radical (unpaired) electrons. The Hall–Kier alpha value is -9.28. The molecular weight excluding hydrogens is 1200 g/mol. The van der Waals surface area contributed by atoms with Crippen LogP contribution in [0.4, 0.5) is 0 Å². The first-order chi connectivity index (χ1) is 45.6. The van der Waals surface area contributed by atoms with Crippen LogP contribution >= 0.6 is 0 Å². The third kappa shape index (κ3) is 12.6. The molecule has 13 rings (SSSR count). The molecule has 0 atom stereocenters. The van der Waals surface area contributed by atoms with E-state index in [2.05, 4.69) is 293 Å². The van der Waals surface area contributed by atoms with Gasteiger partial charge in [0.15, 0.2) is 0 Å². The van der Waals surface area contributed by atoms with E-state index >= 15 is 0 Å². The van der Waals surface area contributed by atoms with Crippen LogP contribution in [0.5, 0.6) is 0 Å². The lowest BCUT2D eigenvalue weighted by molar-refractivity contribution is 0.568. The molecule has 0 saturated carbocycles. The number of aromatic nitrogens is 10. The van der Waals surface area contributed by atoms with Gasteiger partial charge in [-0.15, -0.1) is 0 Å². The van der Waals surface area contributed by atoms with Gasteiger partial charge in [0.2, 0.25) is 0 Å². The molecule has 2 aliphatic heterocycles. The van der Waals surface area contributed by atoms with E-state index in [9.17, 15) is 0 Å². The predicted molar refractivity (Wildman–Crippen MR) is 412 cm³/mol. The first-order valence-corrected chi connectivity index (χ1v) is 35.1. The zero-order chi connectivity index (χ0) is 70.5. The number of benzene rings is 4. The van der Waals surface area contributed by atoms with Crippen LogP contribution < -0.4 is 0 Å². The van der Waals surface area contributed by atoms with E-state index in [-0.39, 0.29) is 43.3 Å². The molecule has 7 aromatic heterocycles. The Morgan fingerprint density at radius 1 is 0.214 bits per heavy atom. The number of hydrogen-bond donors (Lipinski definition) is 4. The number of imidazole rings is 2. The highest BCUT2D eigenvalue weighted by Gasteiger charge is 2.36. The van der Waals surface area contributed by atoms with Crippen molar-refractivity contribution in [2.45, 2.75) is 209 Å². The maximum Gasteiger partial charge on any atom is 0.138 e. The summed E-state index contributed by atoms with van der Waals surface area (Å²) in [6.45, 7) is 55.5. The van der Waals surface area contributed by atoms with Crippen LogP contribution in [-0.2, 0) is 43.3 Å². The Morgan fingerprint density at radius 2 is 0.429 bits per heavy atom. The lowest BCUT2D eigenvalue weighted by Crippen LogP contribution is -2.16. The summed E-state index contributed by atoms with van der Waals surface area (Å²) in [4.78, 5) is 49.3. The molecule has 502 valence electrons. The number of nitrogens with zero attached hydrogens (tertiary/aromatic N) is 6. The van der Waals surface area contributed by atoms with Gasteiger partial charge in [0.05, 0.1) is 22.8 Å². The van der Waals surface area contributed by atoms with E-state index in [0.717, 1.165) is 135 Å². The Labute approximate surface area is 581 Å². The topological polar surface area (TPSA) is 140 Å². The van der Waals surface area contributed by atoms with E-state index in [1.165, 1.54) is 44.5 Å². The fourth-order valence-electron chi connectivity index (χ4n) is 13.5. The number of aromatic amines is 4. The van der Waals surface area contributed by atoms with Crippen molar-refractivity contribution in [2.24, 2.45) is 0 Å². The lowest BCUT2D eigenvalue weighted by Gasteiger charge is -2.26. The fraction of sp³-hybridized carbons (Fsp3) is 0.364. The van der Waals surface area contributed by atoms with E-state index in [1.807, 2.05) is 49.1 Å². The van der Waals surface area contributed by atoms with Crippen LogP contribution in [-0.4, -0.2) is 49.8 Å². The quantitative estimate of drug-likeness (QED) is 0.131. The minimum absolute atomic E-state index is 0.208. The minimum Gasteiger partial charge on any atom is -0.354 e. The third-order valence-electron chi connectivity index (χ3n) is 19.9. The van der Waals surface area contributed by atoms with E-state index in [1.54, 1.807) is 0 Å². The monoisotopic (exact) mass is 1300 g/mol. The van der Waals surface area contributed by atoms with Crippen molar-refractivity contribution in [3.8, 4) is 113 Å². The average Bonchev–Trinajstić information content (AvgIpc) is 1.57. The van der Waals surface area contributed by atoms with Crippen molar-refractivity contribution in [3.63, 3.8) is 0 Å². The van der Waals surface area contributed by atoms with E-state index < -0.39 is 0 Å². The molecular formula is C88H100N10. The van der Waals surface area contributed by atoms with Gasteiger partial charge in [0.25, 0.3) is 0 Å². The Bertz CT molecular complexity index is 4410. The van der Waals surface area contributed by atoms with Crippen LogP contribution in [0.1, 0.15) is 211 Å².